The van der Waals surface area contributed by atoms with Crippen molar-refractivity contribution in [2.75, 3.05) is 5.32 Å². The van der Waals surface area contributed by atoms with Gasteiger partial charge in [0.15, 0.2) is 11.7 Å². The van der Waals surface area contributed by atoms with E-state index < -0.39 is 24.2 Å². The molecule has 1 saturated carbocycles. The van der Waals surface area contributed by atoms with Gasteiger partial charge in [-0.05, 0) is 25.3 Å². The summed E-state index contributed by atoms with van der Waals surface area (Å²) in [6.07, 6.45) is -0.996. The number of hydrogen-bond donors (Lipinski definition) is 2. The molecule has 1 aliphatic heterocycles. The Labute approximate surface area is 171 Å². The molecule has 5 nitrogen and oxygen atoms in total. The van der Waals surface area contributed by atoms with Crippen molar-refractivity contribution in [1.29, 1.82) is 0 Å². The molecule has 2 aliphatic rings. The number of carbonyl (C=O) groups is 1. The van der Waals surface area contributed by atoms with Crippen molar-refractivity contribution in [2.24, 2.45) is 0 Å². The molecule has 2 N–H and O–H groups in total. The third kappa shape index (κ3) is 3.95. The van der Waals surface area contributed by atoms with E-state index in [2.05, 4.69) is 15.7 Å². The van der Waals surface area contributed by atoms with Gasteiger partial charge in [-0.3, -0.25) is 4.79 Å². The summed E-state index contributed by atoms with van der Waals surface area (Å²) >= 11 is 6.34. The summed E-state index contributed by atoms with van der Waals surface area (Å²) in [6, 6.07) is 4.87. The van der Waals surface area contributed by atoms with Crippen molar-refractivity contribution in [3.05, 3.63) is 46.1 Å². The van der Waals surface area contributed by atoms with Gasteiger partial charge in [0.05, 0.1) is 6.04 Å². The minimum absolute atomic E-state index is 0.0176. The van der Waals surface area contributed by atoms with E-state index >= 15 is 0 Å². The van der Waals surface area contributed by atoms with Gasteiger partial charge in [0, 0.05) is 12.5 Å². The molecule has 1 amide bonds. The number of nitrogens with one attached hydrogen (secondary N) is 2. The molecular formula is C20H22ClF3N4O. The first-order valence-corrected chi connectivity index (χ1v) is 10.1. The monoisotopic (exact) mass is 426 g/mol. The number of amides is 1. The number of anilines is 1. The van der Waals surface area contributed by atoms with Gasteiger partial charge in [-0.25, -0.2) is 4.68 Å². The number of halogens is 4. The fraction of sp³-hybridized carbons (Fsp3) is 0.500. The lowest BCUT2D eigenvalue weighted by molar-refractivity contribution is -0.173. The SMILES string of the molecule is Cc1ccc([C@H]2C[C@H](C(F)(F)F)n3nc(C(=O)NC4CCCC4)c(Cl)c3N2)cc1. The summed E-state index contributed by atoms with van der Waals surface area (Å²) in [5, 5.41) is 9.80. The average Bonchev–Trinajstić information content (AvgIpc) is 3.29. The third-order valence-corrected chi connectivity index (χ3v) is 6.04. The van der Waals surface area contributed by atoms with Gasteiger partial charge in [-0.2, -0.15) is 18.3 Å². The molecule has 0 bridgehead atoms. The van der Waals surface area contributed by atoms with E-state index in [0.29, 0.717) is 0 Å². The molecule has 0 radical (unpaired) electrons. The average molecular weight is 427 g/mol. The highest BCUT2D eigenvalue weighted by atomic mass is 35.5. The molecule has 2 heterocycles. The van der Waals surface area contributed by atoms with E-state index in [1.54, 1.807) is 12.1 Å². The van der Waals surface area contributed by atoms with Crippen LogP contribution in [-0.2, 0) is 0 Å². The van der Waals surface area contributed by atoms with Crippen molar-refractivity contribution in [1.82, 2.24) is 15.1 Å². The molecule has 1 aromatic heterocycles. The Hall–Kier alpha value is -2.22. The minimum atomic E-state index is -4.52. The Kier molecular flexibility index (Phi) is 5.23. The normalized spacial score (nSPS) is 22.2. The van der Waals surface area contributed by atoms with Crippen LogP contribution in [0, 0.1) is 6.92 Å². The molecule has 0 saturated heterocycles. The second-order valence-corrected chi connectivity index (χ2v) is 8.19. The van der Waals surface area contributed by atoms with Gasteiger partial charge in [0.25, 0.3) is 5.91 Å². The van der Waals surface area contributed by atoms with E-state index in [9.17, 15) is 18.0 Å². The number of aromatic nitrogens is 2. The molecule has 1 aliphatic carbocycles. The highest BCUT2D eigenvalue weighted by Crippen LogP contribution is 2.46. The molecule has 2 atom stereocenters. The molecular weight excluding hydrogens is 405 g/mol. The maximum Gasteiger partial charge on any atom is 0.410 e. The quantitative estimate of drug-likeness (QED) is 0.711. The molecule has 0 spiro atoms. The largest absolute Gasteiger partial charge is 0.410 e. The van der Waals surface area contributed by atoms with Crippen molar-refractivity contribution in [3.8, 4) is 0 Å². The first-order chi connectivity index (χ1) is 13.7. The lowest BCUT2D eigenvalue weighted by atomic mass is 9.96. The van der Waals surface area contributed by atoms with Gasteiger partial charge >= 0.3 is 6.18 Å². The van der Waals surface area contributed by atoms with Crippen LogP contribution in [0.4, 0.5) is 19.0 Å². The van der Waals surface area contributed by atoms with Crippen molar-refractivity contribution in [2.45, 2.75) is 63.3 Å². The lowest BCUT2D eigenvalue weighted by Crippen LogP contribution is -2.36. The first-order valence-electron chi connectivity index (χ1n) is 9.72. The van der Waals surface area contributed by atoms with E-state index in [0.717, 1.165) is 41.5 Å². The number of fused-ring (bicyclic) bond motifs is 1. The Bertz CT molecular complexity index is 904. The number of hydrogen-bond acceptors (Lipinski definition) is 3. The third-order valence-electron chi connectivity index (χ3n) is 5.68. The van der Waals surface area contributed by atoms with Gasteiger partial charge in [-0.1, -0.05) is 54.3 Å². The summed E-state index contributed by atoms with van der Waals surface area (Å²) in [6.45, 7) is 1.91. The van der Waals surface area contributed by atoms with E-state index in [-0.39, 0.29) is 29.0 Å². The van der Waals surface area contributed by atoms with Crippen LogP contribution >= 0.6 is 11.6 Å². The Balaban J connectivity index is 1.68. The van der Waals surface area contributed by atoms with Crippen molar-refractivity contribution < 1.29 is 18.0 Å². The van der Waals surface area contributed by atoms with Crippen LogP contribution < -0.4 is 10.6 Å². The van der Waals surface area contributed by atoms with Gasteiger partial charge in [0.2, 0.25) is 0 Å². The Morgan fingerprint density at radius 1 is 1.24 bits per heavy atom. The molecule has 2 aromatic rings. The summed E-state index contributed by atoms with van der Waals surface area (Å²) in [4.78, 5) is 12.6. The molecule has 0 unspecified atom stereocenters. The molecule has 1 aromatic carbocycles. The number of benzene rings is 1. The number of rotatable bonds is 3. The van der Waals surface area contributed by atoms with Crippen LogP contribution in [0.15, 0.2) is 24.3 Å². The maximum absolute atomic E-state index is 13.8. The topological polar surface area (TPSA) is 59.0 Å². The van der Waals surface area contributed by atoms with Crippen LogP contribution in [0.5, 0.6) is 0 Å². The number of aryl methyl sites for hydroxylation is 1. The second-order valence-electron chi connectivity index (χ2n) is 7.81. The van der Waals surface area contributed by atoms with Crippen LogP contribution in [-0.4, -0.2) is 27.9 Å². The standard InChI is InChI=1S/C20H22ClF3N4O/c1-11-6-8-12(9-7-11)14-10-15(20(22,23)24)28-18(26-14)16(21)17(27-28)19(29)25-13-4-2-3-5-13/h6-9,13-15,26H,2-5,10H2,1H3,(H,25,29)/t14-,15-/m1/s1. The van der Waals surface area contributed by atoms with Crippen molar-refractivity contribution in [3.63, 3.8) is 0 Å². The lowest BCUT2D eigenvalue weighted by Gasteiger charge is -2.33. The summed E-state index contributed by atoms with van der Waals surface area (Å²) < 4.78 is 42.2. The Morgan fingerprint density at radius 3 is 2.52 bits per heavy atom. The number of carbonyl (C=O) groups excluding carboxylic acids is 1. The highest BCUT2D eigenvalue weighted by Gasteiger charge is 2.48. The molecule has 9 heteroatoms. The predicted molar refractivity (Wildman–Crippen MR) is 104 cm³/mol. The van der Waals surface area contributed by atoms with E-state index in [1.165, 1.54) is 0 Å². The maximum atomic E-state index is 13.8. The predicted octanol–water partition coefficient (Wildman–Crippen LogP) is 5.18. The van der Waals surface area contributed by atoms with Crippen molar-refractivity contribution >= 4 is 23.3 Å². The second kappa shape index (κ2) is 7.55. The van der Waals surface area contributed by atoms with Crippen LogP contribution in [0.25, 0.3) is 0 Å². The summed E-state index contributed by atoms with van der Waals surface area (Å²) in [7, 11) is 0. The zero-order valence-corrected chi connectivity index (χ0v) is 16.6. The van der Waals surface area contributed by atoms with E-state index in [1.807, 2.05) is 19.1 Å². The fourth-order valence-corrected chi connectivity index (χ4v) is 4.34. The van der Waals surface area contributed by atoms with Crippen LogP contribution in [0.3, 0.4) is 0 Å². The Morgan fingerprint density at radius 2 is 1.90 bits per heavy atom. The number of nitrogens with zero attached hydrogens (tertiary/aromatic N) is 2. The molecule has 29 heavy (non-hydrogen) atoms. The van der Waals surface area contributed by atoms with E-state index in [4.69, 9.17) is 11.6 Å². The summed E-state index contributed by atoms with van der Waals surface area (Å²) in [5.41, 5.74) is 1.58. The number of alkyl halides is 3. The van der Waals surface area contributed by atoms with Gasteiger partial charge in [0.1, 0.15) is 10.8 Å². The minimum Gasteiger partial charge on any atom is -0.362 e. The van der Waals surface area contributed by atoms with Gasteiger partial charge in [-0.15, -0.1) is 0 Å². The summed E-state index contributed by atoms with van der Waals surface area (Å²) in [5.74, 6) is -0.499. The zero-order valence-electron chi connectivity index (χ0n) is 15.9. The molecule has 4 rings (SSSR count). The molecule has 156 valence electrons. The van der Waals surface area contributed by atoms with Gasteiger partial charge < -0.3 is 10.6 Å². The van der Waals surface area contributed by atoms with Crippen LogP contribution in [0.1, 0.15) is 65.8 Å². The molecule has 1 fully saturated rings. The van der Waals surface area contributed by atoms with Crippen LogP contribution in [0.2, 0.25) is 5.02 Å². The zero-order chi connectivity index (χ0) is 20.8. The smallest absolute Gasteiger partial charge is 0.362 e. The highest BCUT2D eigenvalue weighted by molar-refractivity contribution is 6.36. The fourth-order valence-electron chi connectivity index (χ4n) is 4.08. The first kappa shape index (κ1) is 20.1.